The molecule has 2 unspecified atom stereocenters. The number of hydrogen-bond acceptors (Lipinski definition) is 2. The van der Waals surface area contributed by atoms with Crippen LogP contribution in [0.3, 0.4) is 0 Å². The van der Waals surface area contributed by atoms with Gasteiger partial charge in [0.05, 0.1) is 5.56 Å². The fraction of sp³-hybridized carbons (Fsp3) is 0.667. The topological polar surface area (TPSA) is 23.5 Å². The second kappa shape index (κ2) is 8.15. The summed E-state index contributed by atoms with van der Waals surface area (Å²) < 4.78 is 39.7. The molecule has 2 atom stereocenters. The molecule has 0 saturated carbocycles. The van der Waals surface area contributed by atoms with Crippen molar-refractivity contribution in [3.05, 3.63) is 35.4 Å². The van der Waals surface area contributed by atoms with E-state index in [4.69, 9.17) is 0 Å². The Labute approximate surface area is 136 Å². The van der Waals surface area contributed by atoms with Crippen LogP contribution >= 0.6 is 0 Å². The maximum Gasteiger partial charge on any atom is 0.416 e. The summed E-state index contributed by atoms with van der Waals surface area (Å²) in [5, 5.41) is 9.70. The van der Waals surface area contributed by atoms with Crippen molar-refractivity contribution in [2.75, 3.05) is 26.2 Å². The molecule has 0 bridgehead atoms. The number of unbranched alkanes of at least 4 members (excludes halogenated alkanes) is 2. The number of aliphatic hydroxyl groups excluding tert-OH is 1. The molecule has 1 saturated heterocycles. The van der Waals surface area contributed by atoms with Gasteiger partial charge in [0, 0.05) is 19.1 Å². The first kappa shape index (κ1) is 18.3. The van der Waals surface area contributed by atoms with E-state index in [1.165, 1.54) is 12.5 Å². The van der Waals surface area contributed by atoms with E-state index in [9.17, 15) is 18.3 Å². The lowest BCUT2D eigenvalue weighted by Gasteiger charge is -2.39. The average Bonchev–Trinajstić information content (AvgIpc) is 2.54. The van der Waals surface area contributed by atoms with Crippen molar-refractivity contribution in [1.82, 2.24) is 4.90 Å². The zero-order chi connectivity index (χ0) is 16.9. The van der Waals surface area contributed by atoms with Gasteiger partial charge in [-0.25, -0.2) is 0 Å². The molecule has 23 heavy (non-hydrogen) atoms. The maximum atomic E-state index is 13.2. The van der Waals surface area contributed by atoms with Crippen LogP contribution in [0, 0.1) is 5.92 Å². The van der Waals surface area contributed by atoms with Crippen molar-refractivity contribution in [3.8, 4) is 0 Å². The first-order valence-electron chi connectivity index (χ1n) is 8.46. The Morgan fingerprint density at radius 1 is 1.22 bits per heavy atom. The van der Waals surface area contributed by atoms with Crippen LogP contribution in [0.25, 0.3) is 0 Å². The van der Waals surface area contributed by atoms with Gasteiger partial charge in [0.15, 0.2) is 0 Å². The fourth-order valence-corrected chi connectivity index (χ4v) is 3.57. The largest absolute Gasteiger partial charge is 0.416 e. The van der Waals surface area contributed by atoms with Crippen LogP contribution in [0.1, 0.15) is 49.7 Å². The molecule has 130 valence electrons. The van der Waals surface area contributed by atoms with Gasteiger partial charge in [0.1, 0.15) is 0 Å². The predicted molar refractivity (Wildman–Crippen MR) is 85.3 cm³/mol. The molecule has 5 heteroatoms. The highest BCUT2D eigenvalue weighted by atomic mass is 19.4. The first-order valence-corrected chi connectivity index (χ1v) is 8.46. The SMILES string of the molecule is CCCCCN1CCC(c2ccccc2C(F)(F)F)C(CO)C1. The lowest BCUT2D eigenvalue weighted by atomic mass is 9.79. The van der Waals surface area contributed by atoms with Crippen LogP contribution in [-0.2, 0) is 6.18 Å². The van der Waals surface area contributed by atoms with Gasteiger partial charge in [-0.15, -0.1) is 0 Å². The van der Waals surface area contributed by atoms with Gasteiger partial charge < -0.3 is 10.0 Å². The standard InChI is InChI=1S/C18H26F3NO/c1-2-3-6-10-22-11-9-15(14(12-22)13-23)16-7-4-5-8-17(16)18(19,20)21/h4-5,7-8,14-15,23H,2-3,6,9-13H2,1H3. The second-order valence-corrected chi connectivity index (χ2v) is 6.43. The van der Waals surface area contributed by atoms with Crippen LogP contribution in [0.2, 0.25) is 0 Å². The van der Waals surface area contributed by atoms with Crippen molar-refractivity contribution >= 4 is 0 Å². The molecule has 1 aliphatic rings. The minimum absolute atomic E-state index is 0.0683. The highest BCUT2D eigenvalue weighted by Gasteiger charge is 2.38. The summed E-state index contributed by atoms with van der Waals surface area (Å²) in [7, 11) is 0. The number of nitrogens with zero attached hydrogens (tertiary/aromatic N) is 1. The predicted octanol–water partition coefficient (Wildman–Crippen LogP) is 4.29. The summed E-state index contributed by atoms with van der Waals surface area (Å²) in [5.41, 5.74) is -0.213. The Bertz CT molecular complexity index is 489. The molecule has 2 rings (SSSR count). The number of alkyl halides is 3. The molecule has 1 heterocycles. The molecule has 0 aliphatic carbocycles. The number of hydrogen-bond donors (Lipinski definition) is 1. The molecule has 0 radical (unpaired) electrons. The Morgan fingerprint density at radius 2 is 1.96 bits per heavy atom. The third-order valence-electron chi connectivity index (χ3n) is 4.80. The highest BCUT2D eigenvalue weighted by molar-refractivity contribution is 5.33. The fourth-order valence-electron chi connectivity index (χ4n) is 3.57. The van der Waals surface area contributed by atoms with E-state index in [0.717, 1.165) is 32.0 Å². The summed E-state index contributed by atoms with van der Waals surface area (Å²) in [6.07, 6.45) is -0.239. The van der Waals surface area contributed by atoms with Crippen LogP contribution in [0.15, 0.2) is 24.3 Å². The smallest absolute Gasteiger partial charge is 0.396 e. The van der Waals surface area contributed by atoms with Gasteiger partial charge in [-0.1, -0.05) is 38.0 Å². The molecule has 1 aromatic rings. The van der Waals surface area contributed by atoms with Gasteiger partial charge in [-0.05, 0) is 43.5 Å². The molecular weight excluding hydrogens is 303 g/mol. The monoisotopic (exact) mass is 329 g/mol. The van der Waals surface area contributed by atoms with E-state index in [0.29, 0.717) is 18.5 Å². The van der Waals surface area contributed by atoms with Crippen LogP contribution in [0.5, 0.6) is 0 Å². The Hall–Kier alpha value is -1.07. The molecule has 1 aliphatic heterocycles. The lowest BCUT2D eigenvalue weighted by molar-refractivity contribution is -0.138. The summed E-state index contributed by atoms with van der Waals surface area (Å²) >= 11 is 0. The van der Waals surface area contributed by atoms with Crippen molar-refractivity contribution in [2.45, 2.75) is 44.7 Å². The zero-order valence-corrected chi connectivity index (χ0v) is 13.6. The Morgan fingerprint density at radius 3 is 2.61 bits per heavy atom. The number of halogens is 3. The molecule has 0 aromatic heterocycles. The molecule has 1 fully saturated rings. The van der Waals surface area contributed by atoms with Gasteiger partial charge in [-0.3, -0.25) is 0 Å². The molecule has 1 aromatic carbocycles. The Kier molecular flexibility index (Phi) is 6.48. The summed E-state index contributed by atoms with van der Waals surface area (Å²) in [6.45, 7) is 4.53. The van der Waals surface area contributed by atoms with Crippen molar-refractivity contribution in [2.24, 2.45) is 5.92 Å². The van der Waals surface area contributed by atoms with Gasteiger partial charge in [0.2, 0.25) is 0 Å². The van der Waals surface area contributed by atoms with Crippen LogP contribution < -0.4 is 0 Å². The Balaban J connectivity index is 2.12. The lowest BCUT2D eigenvalue weighted by Crippen LogP contribution is -2.41. The van der Waals surface area contributed by atoms with E-state index >= 15 is 0 Å². The van der Waals surface area contributed by atoms with Crippen molar-refractivity contribution in [3.63, 3.8) is 0 Å². The highest BCUT2D eigenvalue weighted by Crippen LogP contribution is 2.40. The van der Waals surface area contributed by atoms with E-state index in [2.05, 4.69) is 11.8 Å². The summed E-state index contributed by atoms with van der Waals surface area (Å²) in [4.78, 5) is 2.28. The zero-order valence-electron chi connectivity index (χ0n) is 13.6. The number of likely N-dealkylation sites (tertiary alicyclic amines) is 1. The second-order valence-electron chi connectivity index (χ2n) is 6.43. The van der Waals surface area contributed by atoms with Crippen LogP contribution in [-0.4, -0.2) is 36.2 Å². The maximum absolute atomic E-state index is 13.2. The van der Waals surface area contributed by atoms with Crippen LogP contribution in [0.4, 0.5) is 13.2 Å². The van der Waals surface area contributed by atoms with E-state index in [-0.39, 0.29) is 18.4 Å². The van der Waals surface area contributed by atoms with Gasteiger partial charge in [0.25, 0.3) is 0 Å². The summed E-state index contributed by atoms with van der Waals surface area (Å²) in [6, 6.07) is 5.81. The van der Waals surface area contributed by atoms with E-state index in [1.807, 2.05) is 0 Å². The molecular formula is C18H26F3NO. The molecule has 2 nitrogen and oxygen atoms in total. The normalized spacial score (nSPS) is 23.2. The average molecular weight is 329 g/mol. The minimum atomic E-state index is -4.34. The number of benzene rings is 1. The van der Waals surface area contributed by atoms with E-state index < -0.39 is 11.7 Å². The third kappa shape index (κ3) is 4.70. The third-order valence-corrected chi connectivity index (χ3v) is 4.80. The molecule has 0 amide bonds. The van der Waals surface area contributed by atoms with Gasteiger partial charge in [-0.2, -0.15) is 13.2 Å². The number of aliphatic hydroxyl groups is 1. The van der Waals surface area contributed by atoms with E-state index in [1.54, 1.807) is 12.1 Å². The molecule has 1 N–H and O–H groups in total. The quantitative estimate of drug-likeness (QED) is 0.787. The number of rotatable bonds is 6. The minimum Gasteiger partial charge on any atom is -0.396 e. The molecule has 0 spiro atoms. The first-order chi connectivity index (χ1) is 11.0. The van der Waals surface area contributed by atoms with Crippen molar-refractivity contribution < 1.29 is 18.3 Å². The number of piperidine rings is 1. The van der Waals surface area contributed by atoms with Gasteiger partial charge >= 0.3 is 6.18 Å². The summed E-state index contributed by atoms with van der Waals surface area (Å²) in [5.74, 6) is -0.353. The van der Waals surface area contributed by atoms with Crippen molar-refractivity contribution in [1.29, 1.82) is 0 Å².